The molecule has 1 aromatic carbocycles. The molecule has 0 spiro atoms. The minimum absolute atomic E-state index is 0.0854. The van der Waals surface area contributed by atoms with Gasteiger partial charge in [-0.05, 0) is 25.0 Å². The third-order valence-electron chi connectivity index (χ3n) is 6.18. The van der Waals surface area contributed by atoms with Crippen LogP contribution in [0.25, 0.3) is 10.9 Å². The lowest BCUT2D eigenvalue weighted by molar-refractivity contribution is -0.130. The van der Waals surface area contributed by atoms with Gasteiger partial charge in [0.1, 0.15) is 5.69 Å². The van der Waals surface area contributed by atoms with Gasteiger partial charge < -0.3 is 20.9 Å². The predicted octanol–water partition coefficient (Wildman–Crippen LogP) is 1.51. The van der Waals surface area contributed by atoms with Crippen LogP contribution in [0.5, 0.6) is 0 Å². The van der Waals surface area contributed by atoms with Crippen molar-refractivity contribution in [3.63, 3.8) is 0 Å². The van der Waals surface area contributed by atoms with Gasteiger partial charge in [0.2, 0.25) is 5.91 Å². The fourth-order valence-electron chi connectivity index (χ4n) is 4.75. The number of fused-ring (bicyclic) bond motifs is 2. The third kappa shape index (κ3) is 3.40. The van der Waals surface area contributed by atoms with E-state index in [0.717, 1.165) is 10.9 Å². The topological polar surface area (TPSA) is 135 Å². The van der Waals surface area contributed by atoms with Crippen molar-refractivity contribution in [2.24, 2.45) is 17.6 Å². The van der Waals surface area contributed by atoms with Crippen LogP contribution in [0.3, 0.4) is 0 Å². The van der Waals surface area contributed by atoms with Gasteiger partial charge in [0.25, 0.3) is 5.91 Å². The number of aromatic amines is 1. The van der Waals surface area contributed by atoms with Crippen LogP contribution in [0.4, 0.5) is 4.79 Å². The average molecular weight is 410 g/mol. The molecule has 9 nitrogen and oxygen atoms in total. The van der Waals surface area contributed by atoms with Crippen LogP contribution in [0.1, 0.15) is 29.8 Å². The smallest absolute Gasteiger partial charge is 0.324 e. The van der Waals surface area contributed by atoms with Crippen molar-refractivity contribution < 1.29 is 14.4 Å². The Morgan fingerprint density at radius 3 is 2.77 bits per heavy atom. The summed E-state index contributed by atoms with van der Waals surface area (Å²) in [7, 11) is 1.50. The zero-order valence-corrected chi connectivity index (χ0v) is 16.9. The largest absolute Gasteiger partial charge is 0.388 e. The van der Waals surface area contributed by atoms with E-state index in [2.05, 4.69) is 10.3 Å². The highest BCUT2D eigenvalue weighted by atomic mass is 16.2. The molecule has 3 atom stereocenters. The summed E-state index contributed by atoms with van der Waals surface area (Å²) >= 11 is 0. The summed E-state index contributed by atoms with van der Waals surface area (Å²) in [5, 5.41) is 10.9. The molecular formula is C21H26N6O3. The van der Waals surface area contributed by atoms with Crippen LogP contribution < -0.4 is 11.1 Å². The second-order valence-electron chi connectivity index (χ2n) is 8.00. The highest BCUT2D eigenvalue weighted by molar-refractivity contribution is 6.00. The zero-order chi connectivity index (χ0) is 21.4. The molecule has 2 fully saturated rings. The number of hydrogen-bond donors (Lipinski definition) is 4. The van der Waals surface area contributed by atoms with Crippen molar-refractivity contribution in [2.45, 2.75) is 25.3 Å². The second-order valence-corrected chi connectivity index (χ2v) is 8.00. The van der Waals surface area contributed by atoms with E-state index >= 15 is 0 Å². The molecule has 3 heterocycles. The van der Waals surface area contributed by atoms with Gasteiger partial charge in [-0.15, -0.1) is 0 Å². The van der Waals surface area contributed by atoms with Crippen LogP contribution in [-0.2, 0) is 4.79 Å². The first-order chi connectivity index (χ1) is 14.4. The summed E-state index contributed by atoms with van der Waals surface area (Å²) in [6.07, 6.45) is 1.56. The van der Waals surface area contributed by atoms with Crippen LogP contribution in [0.2, 0.25) is 0 Å². The van der Waals surface area contributed by atoms with Gasteiger partial charge in [0, 0.05) is 49.3 Å². The molecule has 4 amide bonds. The number of para-hydroxylation sites is 1. The molecule has 4 rings (SSSR count). The van der Waals surface area contributed by atoms with E-state index in [9.17, 15) is 14.4 Å². The lowest BCUT2D eigenvalue weighted by Gasteiger charge is -2.23. The third-order valence-corrected chi connectivity index (χ3v) is 6.18. The van der Waals surface area contributed by atoms with Crippen molar-refractivity contribution in [3.05, 3.63) is 36.0 Å². The number of nitrogens with two attached hydrogens (primary N) is 1. The Labute approximate surface area is 174 Å². The lowest BCUT2D eigenvalue weighted by Crippen LogP contribution is -2.47. The Morgan fingerprint density at radius 2 is 2.07 bits per heavy atom. The van der Waals surface area contributed by atoms with Gasteiger partial charge in [-0.2, -0.15) is 0 Å². The number of H-pyrrole nitrogens is 1. The van der Waals surface area contributed by atoms with Gasteiger partial charge in [-0.1, -0.05) is 18.2 Å². The lowest BCUT2D eigenvalue weighted by atomic mass is 9.88. The fourth-order valence-corrected chi connectivity index (χ4v) is 4.75. The van der Waals surface area contributed by atoms with E-state index in [1.54, 1.807) is 4.90 Å². The van der Waals surface area contributed by atoms with E-state index in [0.29, 0.717) is 38.0 Å². The number of likely N-dealkylation sites (tertiary alicyclic amines) is 2. The minimum Gasteiger partial charge on any atom is -0.388 e. The summed E-state index contributed by atoms with van der Waals surface area (Å²) < 4.78 is 0. The van der Waals surface area contributed by atoms with E-state index in [1.165, 1.54) is 11.9 Å². The normalized spacial score (nSPS) is 23.1. The molecule has 30 heavy (non-hydrogen) atoms. The molecule has 2 aromatic rings. The van der Waals surface area contributed by atoms with Gasteiger partial charge in [0.05, 0.1) is 11.9 Å². The number of hydrogen-bond acceptors (Lipinski definition) is 4. The predicted molar refractivity (Wildman–Crippen MR) is 112 cm³/mol. The molecule has 2 aliphatic heterocycles. The maximum absolute atomic E-state index is 13.1. The minimum atomic E-state index is -0.441. The molecular weight excluding hydrogens is 384 g/mol. The zero-order valence-electron chi connectivity index (χ0n) is 16.9. The molecule has 1 aromatic heterocycles. The Morgan fingerprint density at radius 1 is 1.30 bits per heavy atom. The quantitative estimate of drug-likeness (QED) is 0.439. The number of aromatic nitrogens is 1. The van der Waals surface area contributed by atoms with E-state index < -0.39 is 6.03 Å². The second kappa shape index (κ2) is 7.81. The van der Waals surface area contributed by atoms with E-state index in [1.807, 2.05) is 30.3 Å². The summed E-state index contributed by atoms with van der Waals surface area (Å²) in [5.74, 6) is -0.720. The van der Waals surface area contributed by atoms with Crippen LogP contribution in [-0.4, -0.2) is 64.6 Å². The van der Waals surface area contributed by atoms with Gasteiger partial charge in [-0.3, -0.25) is 19.9 Å². The first kappa shape index (κ1) is 19.9. The van der Waals surface area contributed by atoms with Crippen LogP contribution in [0.15, 0.2) is 30.3 Å². The number of imide groups is 1. The first-order valence-corrected chi connectivity index (χ1v) is 10.2. The molecule has 2 aliphatic rings. The summed E-state index contributed by atoms with van der Waals surface area (Å²) in [5.41, 5.74) is 6.84. The summed E-state index contributed by atoms with van der Waals surface area (Å²) in [6.45, 7) is 0.740. The fraction of sp³-hybridized carbons (Fsp3) is 0.429. The van der Waals surface area contributed by atoms with Crippen molar-refractivity contribution in [1.82, 2.24) is 20.1 Å². The molecule has 0 aliphatic carbocycles. The number of urea groups is 1. The number of carbonyl (C=O) groups excluding carboxylic acids is 3. The Hall–Kier alpha value is -3.36. The molecule has 5 N–H and O–H groups in total. The molecule has 3 unspecified atom stereocenters. The number of carbonyl (C=O) groups is 3. The number of benzene rings is 1. The molecule has 2 saturated heterocycles. The summed E-state index contributed by atoms with van der Waals surface area (Å²) in [6, 6.07) is 8.74. The Bertz CT molecular complexity index is 982. The average Bonchev–Trinajstić information content (AvgIpc) is 3.40. The highest BCUT2D eigenvalue weighted by Gasteiger charge is 2.54. The van der Waals surface area contributed by atoms with Crippen LogP contribution >= 0.6 is 0 Å². The highest BCUT2D eigenvalue weighted by Crippen LogP contribution is 2.40. The standard InChI is InChI=1S/C21H26N6O3/c1-24-21(30)27-17-11-26(10-14(17)13(19(27)28)6-4-8-18(22)23)20(29)16-9-12-5-2-3-7-15(12)25-16/h2-3,5,7,9,13-14,17,25H,4,6,8,10-11H2,1H3,(H3,22,23)(H,24,30). The first-order valence-electron chi connectivity index (χ1n) is 10.2. The van der Waals surface area contributed by atoms with Crippen molar-refractivity contribution in [3.8, 4) is 0 Å². The molecule has 0 radical (unpaired) electrons. The van der Waals surface area contributed by atoms with Crippen molar-refractivity contribution in [1.29, 1.82) is 5.41 Å². The van der Waals surface area contributed by atoms with Gasteiger partial charge >= 0.3 is 6.03 Å². The van der Waals surface area contributed by atoms with E-state index in [-0.39, 0.29) is 35.5 Å². The Balaban J connectivity index is 1.55. The number of nitrogens with one attached hydrogen (secondary N) is 3. The molecule has 158 valence electrons. The maximum atomic E-state index is 13.1. The van der Waals surface area contributed by atoms with Crippen LogP contribution in [0, 0.1) is 17.2 Å². The number of rotatable bonds is 5. The monoisotopic (exact) mass is 410 g/mol. The number of nitrogens with zero attached hydrogens (tertiary/aromatic N) is 2. The molecule has 0 bridgehead atoms. The molecule has 9 heteroatoms. The maximum Gasteiger partial charge on any atom is 0.324 e. The SMILES string of the molecule is CNC(=O)N1C(=O)C(CCCC(=N)N)C2CN(C(=O)c3cc4ccccc4[nH]3)CC21. The molecule has 0 saturated carbocycles. The van der Waals surface area contributed by atoms with Gasteiger partial charge in [-0.25, -0.2) is 4.79 Å². The van der Waals surface area contributed by atoms with Gasteiger partial charge in [0.15, 0.2) is 0 Å². The van der Waals surface area contributed by atoms with E-state index in [4.69, 9.17) is 11.1 Å². The van der Waals surface area contributed by atoms with Crippen molar-refractivity contribution >= 4 is 34.6 Å². The summed E-state index contributed by atoms with van der Waals surface area (Å²) in [4.78, 5) is 44.6. The Kier molecular flexibility index (Phi) is 5.19. The number of amidine groups is 1. The van der Waals surface area contributed by atoms with Crippen molar-refractivity contribution in [2.75, 3.05) is 20.1 Å². The number of amides is 4.